The van der Waals surface area contributed by atoms with Crippen molar-refractivity contribution in [3.8, 4) is 0 Å². The first-order valence-corrected chi connectivity index (χ1v) is 2.65. The van der Waals surface area contributed by atoms with E-state index in [1.165, 1.54) is 0 Å². The fourth-order valence-corrected chi connectivity index (χ4v) is 0.685. The predicted octanol–water partition coefficient (Wildman–Crippen LogP) is 0.155. The maximum Gasteiger partial charge on any atom is 0.0584 e. The van der Waals surface area contributed by atoms with Gasteiger partial charge in [0, 0.05) is 45.9 Å². The van der Waals surface area contributed by atoms with Gasteiger partial charge in [0.2, 0.25) is 0 Å². The Kier molecular flexibility index (Phi) is 5.48. The molecule has 8 heavy (non-hydrogen) atoms. The van der Waals surface area contributed by atoms with Gasteiger partial charge in [0.15, 0.2) is 0 Å². The average Bonchev–Trinajstić information content (AvgIpc) is 1.69. The van der Waals surface area contributed by atoms with Gasteiger partial charge in [0.05, 0.1) is 6.10 Å². The molecule has 0 aromatic carbocycles. The van der Waals surface area contributed by atoms with Crippen LogP contribution in [0, 0.1) is 0 Å². The number of hydrogen-bond donors (Lipinski definition) is 1. The van der Waals surface area contributed by atoms with Gasteiger partial charge in [-0.15, -0.1) is 0 Å². The van der Waals surface area contributed by atoms with Crippen LogP contribution in [0.15, 0.2) is 0 Å². The van der Waals surface area contributed by atoms with Crippen LogP contribution in [0.5, 0.6) is 0 Å². The minimum atomic E-state index is -0.0891. The maximum atomic E-state index is 8.83. The molecule has 1 fully saturated rings. The van der Waals surface area contributed by atoms with Gasteiger partial charge < -0.3 is 9.84 Å². The molecule has 0 aliphatic carbocycles. The number of hydrogen-bond acceptors (Lipinski definition) is 2. The van der Waals surface area contributed by atoms with E-state index in [4.69, 9.17) is 9.84 Å². The zero-order valence-electron chi connectivity index (χ0n) is 4.84. The van der Waals surface area contributed by atoms with Crippen molar-refractivity contribution in [1.29, 1.82) is 0 Å². The fourth-order valence-electron chi connectivity index (χ4n) is 0.685. The van der Waals surface area contributed by atoms with Crippen molar-refractivity contribution in [3.63, 3.8) is 0 Å². The average molecular weight is 191 g/mol. The SMILES string of the molecule is OC1CCOCC1.[Y]. The van der Waals surface area contributed by atoms with E-state index >= 15 is 0 Å². The van der Waals surface area contributed by atoms with Gasteiger partial charge in [-0.25, -0.2) is 0 Å². The molecule has 1 heterocycles. The topological polar surface area (TPSA) is 29.5 Å². The van der Waals surface area contributed by atoms with Gasteiger partial charge in [-0.3, -0.25) is 0 Å². The molecule has 45 valence electrons. The van der Waals surface area contributed by atoms with Gasteiger partial charge in [0.1, 0.15) is 0 Å². The summed E-state index contributed by atoms with van der Waals surface area (Å²) in [6.07, 6.45) is 1.55. The summed E-state index contributed by atoms with van der Waals surface area (Å²) in [5.41, 5.74) is 0. The second kappa shape index (κ2) is 4.86. The van der Waals surface area contributed by atoms with E-state index in [1.807, 2.05) is 0 Å². The van der Waals surface area contributed by atoms with Crippen molar-refractivity contribution in [2.45, 2.75) is 18.9 Å². The molecule has 0 saturated carbocycles. The maximum absolute atomic E-state index is 8.83. The summed E-state index contributed by atoms with van der Waals surface area (Å²) in [7, 11) is 0. The van der Waals surface area contributed by atoms with E-state index in [1.54, 1.807) is 0 Å². The summed E-state index contributed by atoms with van der Waals surface area (Å²) in [5, 5.41) is 8.83. The van der Waals surface area contributed by atoms with Crippen molar-refractivity contribution in [3.05, 3.63) is 0 Å². The third-order valence-corrected chi connectivity index (χ3v) is 1.19. The van der Waals surface area contributed by atoms with Crippen molar-refractivity contribution in [2.75, 3.05) is 13.2 Å². The molecule has 1 N–H and O–H groups in total. The van der Waals surface area contributed by atoms with Crippen LogP contribution in [0.1, 0.15) is 12.8 Å². The van der Waals surface area contributed by atoms with Crippen LogP contribution in [0.3, 0.4) is 0 Å². The molecule has 1 aliphatic heterocycles. The van der Waals surface area contributed by atoms with Gasteiger partial charge in [-0.1, -0.05) is 0 Å². The summed E-state index contributed by atoms with van der Waals surface area (Å²) in [6, 6.07) is 0. The Morgan fingerprint density at radius 1 is 1.25 bits per heavy atom. The molecule has 0 unspecified atom stereocenters. The molecule has 3 heteroatoms. The monoisotopic (exact) mass is 191 g/mol. The Hall–Kier alpha value is 1.02. The molecular formula is C5H10O2Y. The molecule has 1 radical (unpaired) electrons. The van der Waals surface area contributed by atoms with Crippen LogP contribution in [0.4, 0.5) is 0 Å². The van der Waals surface area contributed by atoms with E-state index in [2.05, 4.69) is 0 Å². The molecule has 1 saturated heterocycles. The number of rotatable bonds is 0. The standard InChI is InChI=1S/C5H10O2.Y/c6-5-1-3-7-4-2-5;/h5-6H,1-4H2;. The van der Waals surface area contributed by atoms with Crippen molar-refractivity contribution < 1.29 is 42.6 Å². The van der Waals surface area contributed by atoms with Gasteiger partial charge in [0.25, 0.3) is 0 Å². The van der Waals surface area contributed by atoms with E-state index in [9.17, 15) is 0 Å². The third-order valence-electron chi connectivity index (χ3n) is 1.19. The summed E-state index contributed by atoms with van der Waals surface area (Å²) in [4.78, 5) is 0. The molecule has 0 bridgehead atoms. The molecule has 0 atom stereocenters. The molecule has 0 aromatic heterocycles. The first-order chi connectivity index (χ1) is 3.39. The van der Waals surface area contributed by atoms with Crippen LogP contribution in [-0.2, 0) is 37.4 Å². The zero-order chi connectivity index (χ0) is 5.11. The Morgan fingerprint density at radius 3 is 2.00 bits per heavy atom. The van der Waals surface area contributed by atoms with Crippen LogP contribution in [0.2, 0.25) is 0 Å². The van der Waals surface area contributed by atoms with E-state index in [0.29, 0.717) is 0 Å². The van der Waals surface area contributed by atoms with Crippen LogP contribution in [-0.4, -0.2) is 24.4 Å². The van der Waals surface area contributed by atoms with Crippen LogP contribution in [0.25, 0.3) is 0 Å². The minimum Gasteiger partial charge on any atom is -0.393 e. The Labute approximate surface area is 74.5 Å². The first-order valence-electron chi connectivity index (χ1n) is 2.65. The first kappa shape index (κ1) is 9.02. The second-order valence-corrected chi connectivity index (χ2v) is 1.84. The zero-order valence-corrected chi connectivity index (χ0v) is 7.68. The van der Waals surface area contributed by atoms with Gasteiger partial charge in [-0.05, 0) is 12.8 Å². The fraction of sp³-hybridized carbons (Fsp3) is 1.00. The quantitative estimate of drug-likeness (QED) is 0.590. The molecular weight excluding hydrogens is 181 g/mol. The van der Waals surface area contributed by atoms with Crippen molar-refractivity contribution in [2.24, 2.45) is 0 Å². The van der Waals surface area contributed by atoms with Crippen LogP contribution >= 0.6 is 0 Å². The van der Waals surface area contributed by atoms with Crippen LogP contribution < -0.4 is 0 Å². The number of aliphatic hydroxyl groups excluding tert-OH is 1. The van der Waals surface area contributed by atoms with E-state index < -0.39 is 0 Å². The van der Waals surface area contributed by atoms with Crippen molar-refractivity contribution >= 4 is 0 Å². The van der Waals surface area contributed by atoms with Gasteiger partial charge >= 0.3 is 0 Å². The third kappa shape index (κ3) is 3.13. The van der Waals surface area contributed by atoms with E-state index in [0.717, 1.165) is 26.1 Å². The molecule has 0 aromatic rings. The summed E-state index contributed by atoms with van der Waals surface area (Å²) >= 11 is 0. The minimum absolute atomic E-state index is 0. The van der Waals surface area contributed by atoms with E-state index in [-0.39, 0.29) is 38.8 Å². The number of ether oxygens (including phenoxy) is 1. The molecule has 1 aliphatic rings. The molecule has 0 spiro atoms. The van der Waals surface area contributed by atoms with Crippen molar-refractivity contribution in [1.82, 2.24) is 0 Å². The smallest absolute Gasteiger partial charge is 0.0584 e. The summed E-state index contributed by atoms with van der Waals surface area (Å²) in [5.74, 6) is 0. The predicted molar refractivity (Wildman–Crippen MR) is 26.1 cm³/mol. The summed E-state index contributed by atoms with van der Waals surface area (Å²) in [6.45, 7) is 1.47. The molecule has 2 nitrogen and oxygen atoms in total. The summed E-state index contributed by atoms with van der Waals surface area (Å²) < 4.78 is 4.98. The second-order valence-electron chi connectivity index (χ2n) is 1.84. The molecule has 1 rings (SSSR count). The number of aliphatic hydroxyl groups is 1. The Balaban J connectivity index is 0.000000490. The molecule has 0 amide bonds. The Bertz CT molecular complexity index is 52.4. The largest absolute Gasteiger partial charge is 0.393 e. The Morgan fingerprint density at radius 2 is 1.75 bits per heavy atom. The normalized spacial score (nSPS) is 22.1. The van der Waals surface area contributed by atoms with Gasteiger partial charge in [-0.2, -0.15) is 0 Å².